The van der Waals surface area contributed by atoms with Crippen LogP contribution < -0.4 is 10.2 Å². The molecule has 1 N–H and O–H groups in total. The van der Waals surface area contributed by atoms with Crippen LogP contribution in [0.1, 0.15) is 33.6 Å². The second kappa shape index (κ2) is 8.51. The Morgan fingerprint density at radius 1 is 1.23 bits per heavy atom. The van der Waals surface area contributed by atoms with E-state index in [0.717, 1.165) is 0 Å². The average Bonchev–Trinajstić information content (AvgIpc) is 3.21. The SMILES string of the molecule is CCN(CC)S(=O)(=O)c1ccc(N2C[C@H](C(=O)N[C@]3(C)CCS(=O)(=O)C3)CC2=O)cc1. The van der Waals surface area contributed by atoms with Crippen molar-refractivity contribution < 1.29 is 26.4 Å². The van der Waals surface area contributed by atoms with Crippen LogP contribution in [0.25, 0.3) is 0 Å². The first-order valence-electron chi connectivity index (χ1n) is 10.3. The third-order valence-electron chi connectivity index (χ3n) is 5.92. The van der Waals surface area contributed by atoms with Gasteiger partial charge >= 0.3 is 0 Å². The molecule has 0 bridgehead atoms. The number of sulfone groups is 1. The minimum Gasteiger partial charge on any atom is -0.350 e. The molecule has 2 heterocycles. The number of sulfonamides is 1. The fourth-order valence-electron chi connectivity index (χ4n) is 4.15. The summed E-state index contributed by atoms with van der Waals surface area (Å²) < 4.78 is 50.1. The van der Waals surface area contributed by atoms with Crippen molar-refractivity contribution in [2.24, 2.45) is 5.92 Å². The molecule has 3 rings (SSSR count). The number of hydrogen-bond acceptors (Lipinski definition) is 6. The minimum atomic E-state index is -3.59. The highest BCUT2D eigenvalue weighted by Crippen LogP contribution is 2.29. The van der Waals surface area contributed by atoms with Gasteiger partial charge in [0, 0.05) is 31.7 Å². The number of nitrogens with zero attached hydrogens (tertiary/aromatic N) is 2. The number of benzene rings is 1. The van der Waals surface area contributed by atoms with Gasteiger partial charge in [0.05, 0.1) is 27.9 Å². The van der Waals surface area contributed by atoms with Gasteiger partial charge < -0.3 is 10.2 Å². The zero-order valence-corrected chi connectivity index (χ0v) is 19.6. The summed E-state index contributed by atoms with van der Waals surface area (Å²) in [6.45, 7) is 6.13. The van der Waals surface area contributed by atoms with Crippen molar-refractivity contribution in [2.75, 3.05) is 36.0 Å². The molecule has 172 valence electrons. The third kappa shape index (κ3) is 4.93. The Morgan fingerprint density at radius 3 is 2.35 bits per heavy atom. The van der Waals surface area contributed by atoms with E-state index in [4.69, 9.17) is 0 Å². The number of carbonyl (C=O) groups is 2. The molecule has 2 fully saturated rings. The zero-order valence-electron chi connectivity index (χ0n) is 18.0. The molecule has 2 amide bonds. The van der Waals surface area contributed by atoms with Gasteiger partial charge in [-0.3, -0.25) is 9.59 Å². The minimum absolute atomic E-state index is 0.0220. The zero-order chi connectivity index (χ0) is 23.0. The lowest BCUT2D eigenvalue weighted by molar-refractivity contribution is -0.127. The van der Waals surface area contributed by atoms with Crippen LogP contribution in [0.4, 0.5) is 5.69 Å². The summed E-state index contributed by atoms with van der Waals surface area (Å²) >= 11 is 0. The van der Waals surface area contributed by atoms with Crippen LogP contribution in [-0.4, -0.2) is 69.6 Å². The van der Waals surface area contributed by atoms with Crippen molar-refractivity contribution in [2.45, 2.75) is 44.0 Å². The van der Waals surface area contributed by atoms with Gasteiger partial charge in [0.25, 0.3) is 0 Å². The molecule has 0 unspecified atom stereocenters. The van der Waals surface area contributed by atoms with E-state index in [2.05, 4.69) is 5.32 Å². The molecule has 0 aliphatic carbocycles. The van der Waals surface area contributed by atoms with Crippen LogP contribution in [0.15, 0.2) is 29.2 Å². The molecule has 0 saturated carbocycles. The summed E-state index contributed by atoms with van der Waals surface area (Å²) in [7, 11) is -6.75. The summed E-state index contributed by atoms with van der Waals surface area (Å²) in [6, 6.07) is 6.07. The van der Waals surface area contributed by atoms with E-state index in [1.165, 1.54) is 21.3 Å². The van der Waals surface area contributed by atoms with E-state index >= 15 is 0 Å². The average molecular weight is 472 g/mol. The summed E-state index contributed by atoms with van der Waals surface area (Å²) in [4.78, 5) is 26.8. The van der Waals surface area contributed by atoms with Crippen molar-refractivity contribution in [3.63, 3.8) is 0 Å². The highest BCUT2D eigenvalue weighted by molar-refractivity contribution is 7.91. The van der Waals surface area contributed by atoms with E-state index in [9.17, 15) is 26.4 Å². The molecule has 2 saturated heterocycles. The largest absolute Gasteiger partial charge is 0.350 e. The molecule has 1 aromatic rings. The van der Waals surface area contributed by atoms with Gasteiger partial charge in [-0.25, -0.2) is 16.8 Å². The molecule has 9 nitrogen and oxygen atoms in total. The van der Waals surface area contributed by atoms with Crippen LogP contribution in [0, 0.1) is 5.92 Å². The van der Waals surface area contributed by atoms with E-state index in [1.807, 2.05) is 0 Å². The molecule has 0 aromatic heterocycles. The molecule has 0 radical (unpaired) electrons. The lowest BCUT2D eigenvalue weighted by Crippen LogP contribution is -2.49. The van der Waals surface area contributed by atoms with E-state index in [1.54, 1.807) is 32.9 Å². The standard InChI is InChI=1S/C20H29N3O6S2/c1-4-22(5-2)31(28,29)17-8-6-16(7-9-17)23-13-15(12-18(23)24)19(25)21-20(3)10-11-30(26,27)14-20/h6-9,15H,4-5,10-14H2,1-3H3,(H,21,25)/t15-,20-/m1/s1. The Hall–Kier alpha value is -1.98. The fourth-order valence-corrected chi connectivity index (χ4v) is 7.70. The number of anilines is 1. The topological polar surface area (TPSA) is 121 Å². The van der Waals surface area contributed by atoms with Crippen LogP contribution in [0.3, 0.4) is 0 Å². The summed E-state index contributed by atoms with van der Waals surface area (Å²) in [5.74, 6) is -1.22. The van der Waals surface area contributed by atoms with Crippen molar-refractivity contribution in [3.8, 4) is 0 Å². The van der Waals surface area contributed by atoms with Gasteiger partial charge in [0.2, 0.25) is 21.8 Å². The number of rotatable bonds is 7. The van der Waals surface area contributed by atoms with Crippen molar-refractivity contribution >= 4 is 37.4 Å². The van der Waals surface area contributed by atoms with Gasteiger partial charge in [0.15, 0.2) is 9.84 Å². The smallest absolute Gasteiger partial charge is 0.243 e. The molecule has 2 aliphatic rings. The molecule has 0 spiro atoms. The van der Waals surface area contributed by atoms with E-state index in [0.29, 0.717) is 25.2 Å². The molecule has 11 heteroatoms. The highest BCUT2D eigenvalue weighted by atomic mass is 32.2. The Labute approximate surface area is 183 Å². The fraction of sp³-hybridized carbons (Fsp3) is 0.600. The Balaban J connectivity index is 1.70. The first-order valence-corrected chi connectivity index (χ1v) is 13.6. The summed E-state index contributed by atoms with van der Waals surface area (Å²) in [5.41, 5.74) is -0.291. The first-order chi connectivity index (χ1) is 14.4. The molecular formula is C20H29N3O6S2. The molecule has 1 aromatic carbocycles. The van der Waals surface area contributed by atoms with Crippen LogP contribution >= 0.6 is 0 Å². The normalized spacial score (nSPS) is 25.9. The van der Waals surface area contributed by atoms with Crippen molar-refractivity contribution in [1.29, 1.82) is 0 Å². The van der Waals surface area contributed by atoms with Gasteiger partial charge in [-0.1, -0.05) is 13.8 Å². The quantitative estimate of drug-likeness (QED) is 0.627. The second-order valence-electron chi connectivity index (χ2n) is 8.38. The van der Waals surface area contributed by atoms with Gasteiger partial charge in [-0.05, 0) is 37.6 Å². The lowest BCUT2D eigenvalue weighted by atomic mass is 9.99. The highest BCUT2D eigenvalue weighted by Gasteiger charge is 2.42. The molecule has 2 atom stereocenters. The Bertz CT molecular complexity index is 1060. The van der Waals surface area contributed by atoms with Crippen LogP contribution in [0.5, 0.6) is 0 Å². The van der Waals surface area contributed by atoms with Gasteiger partial charge in [-0.15, -0.1) is 0 Å². The van der Waals surface area contributed by atoms with Gasteiger partial charge in [-0.2, -0.15) is 4.31 Å². The first kappa shape index (κ1) is 23.7. The van der Waals surface area contributed by atoms with Crippen molar-refractivity contribution in [3.05, 3.63) is 24.3 Å². The second-order valence-corrected chi connectivity index (χ2v) is 12.5. The van der Waals surface area contributed by atoms with E-state index in [-0.39, 0.29) is 41.2 Å². The van der Waals surface area contributed by atoms with Crippen LogP contribution in [0.2, 0.25) is 0 Å². The van der Waals surface area contributed by atoms with Crippen LogP contribution in [-0.2, 0) is 29.4 Å². The maximum absolute atomic E-state index is 12.7. The number of hydrogen-bond donors (Lipinski definition) is 1. The molecular weight excluding hydrogens is 442 g/mol. The summed E-state index contributed by atoms with van der Waals surface area (Å²) in [6.07, 6.45) is 0.377. The summed E-state index contributed by atoms with van der Waals surface area (Å²) in [5, 5.41) is 2.82. The number of carbonyl (C=O) groups excluding carboxylic acids is 2. The van der Waals surface area contributed by atoms with Crippen molar-refractivity contribution in [1.82, 2.24) is 9.62 Å². The lowest BCUT2D eigenvalue weighted by Gasteiger charge is -2.25. The third-order valence-corrected chi connectivity index (χ3v) is 9.88. The Morgan fingerprint density at radius 2 is 1.84 bits per heavy atom. The maximum atomic E-state index is 12.7. The maximum Gasteiger partial charge on any atom is 0.243 e. The molecule has 31 heavy (non-hydrogen) atoms. The molecule has 2 aliphatic heterocycles. The Kier molecular flexibility index (Phi) is 6.50. The number of nitrogens with one attached hydrogen (secondary N) is 1. The predicted octanol–water partition coefficient (Wildman–Crippen LogP) is 0.763. The number of amides is 2. The van der Waals surface area contributed by atoms with Gasteiger partial charge in [0.1, 0.15) is 0 Å². The van der Waals surface area contributed by atoms with E-state index < -0.39 is 31.3 Å². The monoisotopic (exact) mass is 471 g/mol. The predicted molar refractivity (Wildman–Crippen MR) is 117 cm³/mol.